The molecule has 1 radical (unpaired) electrons. The van der Waals surface area contributed by atoms with Gasteiger partial charge in [0, 0.05) is 45.5 Å². The average Bonchev–Trinajstić information content (AvgIpc) is 2.84. The van der Waals surface area contributed by atoms with Gasteiger partial charge in [0.1, 0.15) is 0 Å². The average molecular weight is 316 g/mol. The smallest absolute Gasteiger partial charge is 0.0393 e. The summed E-state index contributed by atoms with van der Waals surface area (Å²) in [6.45, 7) is 0.955. The molecule has 1 aliphatic rings. The monoisotopic (exact) mass is 316 g/mol. The van der Waals surface area contributed by atoms with E-state index < -0.39 is 0 Å². The molecule has 0 bridgehead atoms. The summed E-state index contributed by atoms with van der Waals surface area (Å²) in [7, 11) is 0. The van der Waals surface area contributed by atoms with Crippen LogP contribution in [-0.4, -0.2) is 21.1 Å². The number of hydrogen-bond donors (Lipinski definition) is 0. The second kappa shape index (κ2) is 8.27. The molecule has 18 heavy (non-hydrogen) atoms. The summed E-state index contributed by atoms with van der Waals surface area (Å²) in [4.78, 5) is 13.9. The Labute approximate surface area is 132 Å². The molecule has 3 rings (SSSR count). The number of fused-ring (bicyclic) bond motifs is 1. The summed E-state index contributed by atoms with van der Waals surface area (Å²) in [5.74, 6) is 0. The van der Waals surface area contributed by atoms with E-state index in [4.69, 9.17) is 0 Å². The minimum atomic E-state index is 0. The molecule has 0 saturated carbocycles. The molecule has 91 valence electrons. The first-order valence-electron chi connectivity index (χ1n) is 5.62. The van der Waals surface area contributed by atoms with Crippen molar-refractivity contribution in [3.63, 3.8) is 0 Å². The Balaban J connectivity index is 0.000000199. The van der Waals surface area contributed by atoms with E-state index in [0.29, 0.717) is 5.69 Å². The van der Waals surface area contributed by atoms with E-state index in [1.54, 1.807) is 18.5 Å². The fourth-order valence-electron chi connectivity index (χ4n) is 1.75. The summed E-state index contributed by atoms with van der Waals surface area (Å²) in [5.41, 5.74) is 1.62. The number of carbonyl (C=O) groups excluding carboxylic acids is 1. The number of aryl methyl sites for hydroxylation is 2. The molecule has 3 heterocycles. The second-order valence-corrected chi connectivity index (χ2v) is 3.76. The predicted molar refractivity (Wildman–Crippen MR) is 63.0 cm³/mol. The zero-order valence-electron chi connectivity index (χ0n) is 10.0. The Morgan fingerprint density at radius 3 is 2.72 bits per heavy atom. The molecule has 0 fully saturated rings. The van der Waals surface area contributed by atoms with Crippen molar-refractivity contribution in [1.82, 2.24) is 14.8 Å². The predicted octanol–water partition coefficient (Wildman–Crippen LogP) is 1.56. The molecule has 0 atom stereocenters. The minimum Gasteiger partial charge on any atom is -0.417 e. The molecule has 0 N–H and O–H groups in total. The second-order valence-electron chi connectivity index (χ2n) is 3.76. The summed E-state index contributed by atoms with van der Waals surface area (Å²) < 4.78 is 1.91. The maximum atomic E-state index is 10.2. The topological polar surface area (TPSA) is 47.8 Å². The summed E-state index contributed by atoms with van der Waals surface area (Å²) >= 11 is 0. The van der Waals surface area contributed by atoms with Crippen LogP contribution in [0.3, 0.4) is 0 Å². The van der Waals surface area contributed by atoms with Crippen molar-refractivity contribution in [1.29, 1.82) is 0 Å². The van der Waals surface area contributed by atoms with Crippen molar-refractivity contribution < 1.29 is 37.5 Å². The van der Waals surface area contributed by atoms with Crippen molar-refractivity contribution in [2.24, 2.45) is 0 Å². The number of hydrogen-bond acceptors (Lipinski definition) is 3. The number of nitrogens with zero attached hydrogens (tertiary/aromatic N) is 3. The van der Waals surface area contributed by atoms with Crippen LogP contribution < -0.4 is 0 Å². The van der Waals surface area contributed by atoms with Gasteiger partial charge in [-0.15, -0.1) is 0 Å². The van der Waals surface area contributed by atoms with Crippen LogP contribution in [0.4, 0.5) is 0 Å². The van der Waals surface area contributed by atoms with Crippen LogP contribution in [0, 0.1) is 6.20 Å². The van der Waals surface area contributed by atoms with Gasteiger partial charge in [0.2, 0.25) is 0 Å². The van der Waals surface area contributed by atoms with Crippen LogP contribution in [0.5, 0.6) is 0 Å². The van der Waals surface area contributed by atoms with Crippen molar-refractivity contribution in [3.05, 3.63) is 48.0 Å². The van der Waals surface area contributed by atoms with Crippen molar-refractivity contribution in [2.75, 3.05) is 0 Å². The molecule has 1 aliphatic heterocycles. The zero-order chi connectivity index (χ0) is 11.9. The van der Waals surface area contributed by atoms with Gasteiger partial charge in [0.15, 0.2) is 0 Å². The quantitative estimate of drug-likeness (QED) is 0.750. The van der Waals surface area contributed by atoms with E-state index in [0.717, 1.165) is 13.0 Å². The third kappa shape index (κ3) is 4.43. The molecule has 0 aliphatic carbocycles. The van der Waals surface area contributed by atoms with Crippen molar-refractivity contribution >= 4 is 6.29 Å². The first-order chi connectivity index (χ1) is 8.40. The van der Waals surface area contributed by atoms with Crippen LogP contribution in [0.25, 0.3) is 0 Å². The maximum absolute atomic E-state index is 10.2. The van der Waals surface area contributed by atoms with Gasteiger partial charge < -0.3 is 9.78 Å². The van der Waals surface area contributed by atoms with Crippen LogP contribution in [0.15, 0.2) is 30.5 Å². The molecular weight excluding hydrogens is 303 g/mol. The van der Waals surface area contributed by atoms with E-state index in [-0.39, 0.29) is 32.7 Å². The van der Waals surface area contributed by atoms with Gasteiger partial charge in [-0.25, -0.2) is 5.10 Å². The van der Waals surface area contributed by atoms with Gasteiger partial charge in [-0.2, -0.15) is 24.3 Å². The van der Waals surface area contributed by atoms with Crippen LogP contribution in [0.1, 0.15) is 24.2 Å². The molecule has 5 heteroatoms. The van der Waals surface area contributed by atoms with E-state index in [1.165, 1.54) is 18.5 Å². The van der Waals surface area contributed by atoms with Crippen molar-refractivity contribution in [2.45, 2.75) is 25.8 Å². The summed E-state index contributed by atoms with van der Waals surface area (Å²) in [6.07, 6.45) is 9.58. The fourth-order valence-corrected chi connectivity index (χ4v) is 1.75. The molecule has 0 aromatic carbocycles. The van der Waals surface area contributed by atoms with Crippen molar-refractivity contribution in [3.8, 4) is 0 Å². The third-order valence-corrected chi connectivity index (χ3v) is 2.54. The number of aromatic nitrogens is 3. The molecule has 4 nitrogen and oxygen atoms in total. The Morgan fingerprint density at radius 2 is 2.22 bits per heavy atom. The van der Waals surface area contributed by atoms with E-state index >= 15 is 0 Å². The Morgan fingerprint density at radius 1 is 1.33 bits per heavy atom. The summed E-state index contributed by atoms with van der Waals surface area (Å²) in [5, 5.41) is 4.06. The fraction of sp³-hybridized carbons (Fsp3) is 0.308. The van der Waals surface area contributed by atoms with Gasteiger partial charge in [-0.1, -0.05) is 12.4 Å². The number of pyridine rings is 1. The zero-order valence-corrected chi connectivity index (χ0v) is 12.9. The van der Waals surface area contributed by atoms with Gasteiger partial charge in [-0.3, -0.25) is 4.68 Å². The van der Waals surface area contributed by atoms with E-state index in [9.17, 15) is 4.79 Å². The molecule has 2 aromatic heterocycles. The van der Waals surface area contributed by atoms with Gasteiger partial charge in [0.25, 0.3) is 0 Å². The normalized spacial score (nSPS) is 12.4. The molecular formula is C13H13N3OY-2. The van der Waals surface area contributed by atoms with Crippen LogP contribution >= 0.6 is 0 Å². The first-order valence-corrected chi connectivity index (χ1v) is 5.62. The molecule has 0 saturated heterocycles. The van der Waals surface area contributed by atoms with E-state index in [1.807, 2.05) is 22.9 Å². The minimum absolute atomic E-state index is 0. The van der Waals surface area contributed by atoms with E-state index in [2.05, 4.69) is 16.3 Å². The van der Waals surface area contributed by atoms with Gasteiger partial charge in [-0.05, 0) is 30.7 Å². The largest absolute Gasteiger partial charge is 0.417 e. The van der Waals surface area contributed by atoms with Gasteiger partial charge in [0.05, 0.1) is 0 Å². The van der Waals surface area contributed by atoms with Crippen LogP contribution in [0.2, 0.25) is 0 Å². The third-order valence-electron chi connectivity index (χ3n) is 2.54. The standard InChI is InChI=1S/C8H9N2O.C5H4N.Y/c11-6-7-5-8-3-1-2-4-10(8)9-7;1-2-4-6-5-3-1;/h5H,1-4H2;1-4H;/q2*-1;. The Bertz CT molecular complexity index is 420. The molecule has 2 aromatic rings. The summed E-state index contributed by atoms with van der Waals surface area (Å²) in [6, 6.07) is 7.33. The maximum Gasteiger partial charge on any atom is 0.0393 e. The Hall–Kier alpha value is -0.866. The Kier molecular flexibility index (Phi) is 6.98. The SMILES string of the molecule is O=[C-]c1cc2n(n1)CCCC2.[Y].[c-]1ccccn1. The molecule has 0 spiro atoms. The first kappa shape index (κ1) is 15.2. The van der Waals surface area contributed by atoms with Crippen LogP contribution in [-0.2, 0) is 50.5 Å². The van der Waals surface area contributed by atoms with Gasteiger partial charge >= 0.3 is 0 Å². The number of rotatable bonds is 1. The molecule has 0 amide bonds. The molecule has 0 unspecified atom stereocenters.